The SMILES string of the molecule is CCNCC1CCN(S(=O)(=O)NCC(F)F)CC1. The van der Waals surface area contributed by atoms with Crippen LogP contribution in [0.3, 0.4) is 0 Å². The van der Waals surface area contributed by atoms with Gasteiger partial charge in [-0.15, -0.1) is 0 Å². The maximum atomic E-state index is 12.0. The van der Waals surface area contributed by atoms with Gasteiger partial charge in [0, 0.05) is 13.1 Å². The highest BCUT2D eigenvalue weighted by molar-refractivity contribution is 7.87. The Morgan fingerprint density at radius 1 is 1.33 bits per heavy atom. The highest BCUT2D eigenvalue weighted by Crippen LogP contribution is 2.18. The van der Waals surface area contributed by atoms with Gasteiger partial charge in [-0.1, -0.05) is 6.92 Å². The summed E-state index contributed by atoms with van der Waals surface area (Å²) in [5.41, 5.74) is 0. The van der Waals surface area contributed by atoms with Crippen molar-refractivity contribution in [3.63, 3.8) is 0 Å². The average Bonchev–Trinajstić information content (AvgIpc) is 2.34. The number of halogens is 2. The summed E-state index contributed by atoms with van der Waals surface area (Å²) in [5, 5.41) is 3.23. The summed E-state index contributed by atoms with van der Waals surface area (Å²) >= 11 is 0. The lowest BCUT2D eigenvalue weighted by Gasteiger charge is -2.31. The van der Waals surface area contributed by atoms with Crippen LogP contribution in [0.15, 0.2) is 0 Å². The largest absolute Gasteiger partial charge is 0.317 e. The smallest absolute Gasteiger partial charge is 0.279 e. The monoisotopic (exact) mass is 285 g/mol. The Bertz CT molecular complexity index is 330. The van der Waals surface area contributed by atoms with Crippen molar-refractivity contribution >= 4 is 10.2 Å². The molecule has 1 fully saturated rings. The number of hydrogen-bond donors (Lipinski definition) is 2. The van der Waals surface area contributed by atoms with Crippen molar-refractivity contribution in [3.8, 4) is 0 Å². The molecule has 18 heavy (non-hydrogen) atoms. The van der Waals surface area contributed by atoms with E-state index in [1.165, 1.54) is 4.31 Å². The molecule has 0 aromatic carbocycles. The molecule has 0 bridgehead atoms. The molecule has 0 atom stereocenters. The second kappa shape index (κ2) is 7.32. The fourth-order valence-electron chi connectivity index (χ4n) is 1.96. The molecular formula is C10H21F2N3O2S. The molecule has 8 heteroatoms. The van der Waals surface area contributed by atoms with Gasteiger partial charge in [0.05, 0.1) is 6.54 Å². The van der Waals surface area contributed by atoms with Crippen LogP contribution in [0.4, 0.5) is 8.78 Å². The first-order chi connectivity index (χ1) is 8.45. The van der Waals surface area contributed by atoms with Crippen molar-refractivity contribution < 1.29 is 17.2 Å². The summed E-state index contributed by atoms with van der Waals surface area (Å²) in [6, 6.07) is 0. The maximum absolute atomic E-state index is 12.0. The molecule has 2 N–H and O–H groups in total. The molecule has 0 aromatic rings. The van der Waals surface area contributed by atoms with Crippen molar-refractivity contribution in [2.24, 2.45) is 5.92 Å². The normalized spacial score (nSPS) is 19.6. The number of alkyl halides is 2. The van der Waals surface area contributed by atoms with E-state index in [-0.39, 0.29) is 0 Å². The Balaban J connectivity index is 2.37. The first-order valence-corrected chi connectivity index (χ1v) is 7.63. The van der Waals surface area contributed by atoms with Gasteiger partial charge in [-0.2, -0.15) is 17.4 Å². The van der Waals surface area contributed by atoms with Crippen LogP contribution >= 0.6 is 0 Å². The zero-order valence-electron chi connectivity index (χ0n) is 10.5. The van der Waals surface area contributed by atoms with Crippen LogP contribution < -0.4 is 10.0 Å². The Morgan fingerprint density at radius 2 is 1.94 bits per heavy atom. The van der Waals surface area contributed by atoms with Crippen molar-refractivity contribution in [1.29, 1.82) is 0 Å². The van der Waals surface area contributed by atoms with Gasteiger partial charge < -0.3 is 5.32 Å². The number of rotatable bonds is 7. The Kier molecular flexibility index (Phi) is 6.40. The highest BCUT2D eigenvalue weighted by Gasteiger charge is 2.27. The molecule has 0 aliphatic carbocycles. The van der Waals surface area contributed by atoms with Crippen molar-refractivity contribution in [1.82, 2.24) is 14.3 Å². The zero-order valence-corrected chi connectivity index (χ0v) is 11.3. The summed E-state index contributed by atoms with van der Waals surface area (Å²) in [6.45, 7) is 3.78. The summed E-state index contributed by atoms with van der Waals surface area (Å²) in [5.74, 6) is 0.464. The molecule has 1 saturated heterocycles. The van der Waals surface area contributed by atoms with Crippen LogP contribution in [-0.2, 0) is 10.2 Å². The third-order valence-corrected chi connectivity index (χ3v) is 4.59. The molecule has 5 nitrogen and oxygen atoms in total. The molecule has 0 aromatic heterocycles. The first-order valence-electron chi connectivity index (χ1n) is 6.19. The van der Waals surface area contributed by atoms with E-state index in [0.29, 0.717) is 19.0 Å². The molecule has 0 amide bonds. The molecule has 0 spiro atoms. The predicted octanol–water partition coefficient (Wildman–Crippen LogP) is 0.407. The summed E-state index contributed by atoms with van der Waals surface area (Å²) < 4.78 is 50.5. The van der Waals surface area contributed by atoms with Gasteiger partial charge in [0.25, 0.3) is 16.6 Å². The molecule has 1 heterocycles. The van der Waals surface area contributed by atoms with Gasteiger partial charge >= 0.3 is 0 Å². The van der Waals surface area contributed by atoms with E-state index in [4.69, 9.17) is 0 Å². The van der Waals surface area contributed by atoms with Crippen molar-refractivity contribution in [2.75, 3.05) is 32.7 Å². The molecule has 1 aliphatic heterocycles. The van der Waals surface area contributed by atoms with Crippen LogP contribution in [0.25, 0.3) is 0 Å². The van der Waals surface area contributed by atoms with E-state index < -0.39 is 23.2 Å². The summed E-state index contributed by atoms with van der Waals surface area (Å²) in [4.78, 5) is 0. The quantitative estimate of drug-likeness (QED) is 0.712. The average molecular weight is 285 g/mol. The fraction of sp³-hybridized carbons (Fsp3) is 1.00. The van der Waals surface area contributed by atoms with Gasteiger partial charge in [0.15, 0.2) is 0 Å². The standard InChI is InChI=1S/C10H21F2N3O2S/c1-2-13-7-9-3-5-15(6-4-9)18(16,17)14-8-10(11)12/h9-10,13-14H,2-8H2,1H3. The van der Waals surface area contributed by atoms with E-state index in [1.54, 1.807) is 0 Å². The van der Waals surface area contributed by atoms with E-state index in [9.17, 15) is 17.2 Å². The molecule has 1 aliphatic rings. The van der Waals surface area contributed by atoms with Crippen LogP contribution in [0, 0.1) is 5.92 Å². The molecule has 0 radical (unpaired) electrons. The first kappa shape index (κ1) is 15.7. The molecule has 108 valence electrons. The summed E-state index contributed by atoms with van der Waals surface area (Å²) in [6.07, 6.45) is -1.13. The Labute approximate surface area is 107 Å². The number of nitrogens with one attached hydrogen (secondary N) is 2. The lowest BCUT2D eigenvalue weighted by atomic mass is 9.98. The van der Waals surface area contributed by atoms with E-state index in [0.717, 1.165) is 25.9 Å². The highest BCUT2D eigenvalue weighted by atomic mass is 32.2. The lowest BCUT2D eigenvalue weighted by molar-refractivity contribution is 0.152. The number of hydrogen-bond acceptors (Lipinski definition) is 3. The predicted molar refractivity (Wildman–Crippen MR) is 65.8 cm³/mol. The summed E-state index contributed by atoms with van der Waals surface area (Å²) in [7, 11) is -3.74. The van der Waals surface area contributed by atoms with Crippen molar-refractivity contribution in [3.05, 3.63) is 0 Å². The van der Waals surface area contributed by atoms with Crippen LogP contribution in [-0.4, -0.2) is 51.9 Å². The van der Waals surface area contributed by atoms with Crippen LogP contribution in [0.5, 0.6) is 0 Å². The third kappa shape index (κ3) is 5.13. The van der Waals surface area contributed by atoms with E-state index in [1.807, 2.05) is 11.6 Å². The Morgan fingerprint density at radius 3 is 2.44 bits per heavy atom. The topological polar surface area (TPSA) is 61.4 Å². The number of nitrogens with zero attached hydrogens (tertiary/aromatic N) is 1. The minimum atomic E-state index is -3.74. The minimum absolute atomic E-state index is 0.397. The molecular weight excluding hydrogens is 264 g/mol. The molecule has 0 saturated carbocycles. The van der Waals surface area contributed by atoms with E-state index in [2.05, 4.69) is 5.32 Å². The van der Waals surface area contributed by atoms with Crippen LogP contribution in [0.2, 0.25) is 0 Å². The zero-order chi connectivity index (χ0) is 13.6. The van der Waals surface area contributed by atoms with Gasteiger partial charge in [-0.25, -0.2) is 8.78 Å². The minimum Gasteiger partial charge on any atom is -0.317 e. The third-order valence-electron chi connectivity index (χ3n) is 3.02. The van der Waals surface area contributed by atoms with Crippen molar-refractivity contribution in [2.45, 2.75) is 26.2 Å². The number of piperidine rings is 1. The fourth-order valence-corrected chi connectivity index (χ4v) is 3.17. The van der Waals surface area contributed by atoms with Gasteiger partial charge in [0.2, 0.25) is 0 Å². The van der Waals surface area contributed by atoms with Crippen LogP contribution in [0.1, 0.15) is 19.8 Å². The second-order valence-corrected chi connectivity index (χ2v) is 6.15. The molecule has 0 unspecified atom stereocenters. The molecule has 1 rings (SSSR count). The van der Waals surface area contributed by atoms with Gasteiger partial charge in [-0.05, 0) is 31.8 Å². The Hall–Kier alpha value is -0.310. The lowest BCUT2D eigenvalue weighted by Crippen LogP contribution is -2.47. The van der Waals surface area contributed by atoms with E-state index >= 15 is 0 Å². The van der Waals surface area contributed by atoms with Gasteiger partial charge in [-0.3, -0.25) is 0 Å². The van der Waals surface area contributed by atoms with Gasteiger partial charge in [0.1, 0.15) is 0 Å². The maximum Gasteiger partial charge on any atom is 0.279 e. The second-order valence-electron chi connectivity index (χ2n) is 4.39.